The van der Waals surface area contributed by atoms with Crippen LogP contribution in [0.2, 0.25) is 10.2 Å². The second kappa shape index (κ2) is 11.2. The standard InChI is InChI=1S/C27H24Cl2F3N5O3/c28-20-8-2-1-7-19(20)25(26(39)33-17-14-27(31,32)15-17)36(18-6-3-5-16(30)13-18)37(40)23-11-12-24(38)35(23)22-10-4-9-21(29)34-22/h1-10,13,17,23,25,37H,11-12,14-15H2,(H,33,39)/t23-,25+/m1/s1. The maximum absolute atomic E-state index is 14.5. The lowest BCUT2D eigenvalue weighted by atomic mass is 9.88. The maximum atomic E-state index is 14.5. The third-order valence-electron chi connectivity index (χ3n) is 6.91. The number of rotatable bonds is 8. The van der Waals surface area contributed by atoms with Gasteiger partial charge in [-0.05, 0) is 30.3 Å². The molecule has 2 aromatic carbocycles. The highest BCUT2D eigenvalue weighted by molar-refractivity contribution is 6.31. The predicted octanol–water partition coefficient (Wildman–Crippen LogP) is 4.44. The molecule has 2 amide bonds. The van der Waals surface area contributed by atoms with Gasteiger partial charge in [0.05, 0.1) is 5.69 Å². The van der Waals surface area contributed by atoms with Crippen LogP contribution in [0.3, 0.4) is 0 Å². The summed E-state index contributed by atoms with van der Waals surface area (Å²) in [5, 5.41) is 17.6. The number of hydroxylamine groups is 1. The van der Waals surface area contributed by atoms with E-state index in [0.29, 0.717) is 0 Å². The van der Waals surface area contributed by atoms with E-state index in [1.807, 2.05) is 0 Å². The minimum atomic E-state index is -2.90. The van der Waals surface area contributed by atoms with Crippen molar-refractivity contribution in [3.8, 4) is 0 Å². The Bertz CT molecular complexity index is 1420. The van der Waals surface area contributed by atoms with Crippen LogP contribution < -0.4 is 20.4 Å². The molecular weight excluding hydrogens is 570 g/mol. The van der Waals surface area contributed by atoms with Gasteiger partial charge in [-0.15, -0.1) is 0 Å². The van der Waals surface area contributed by atoms with E-state index in [9.17, 15) is 28.0 Å². The highest BCUT2D eigenvalue weighted by atomic mass is 35.5. The molecule has 210 valence electrons. The van der Waals surface area contributed by atoms with E-state index >= 15 is 0 Å². The molecule has 3 atom stereocenters. The van der Waals surface area contributed by atoms with Crippen molar-refractivity contribution in [2.75, 3.05) is 9.91 Å². The normalized spacial score (nSPS) is 20.1. The fourth-order valence-electron chi connectivity index (χ4n) is 5.06. The minimum absolute atomic E-state index is 0.0156. The zero-order valence-corrected chi connectivity index (χ0v) is 22.4. The number of hydrogen-bond acceptors (Lipinski definition) is 5. The number of alkyl halides is 2. The first-order valence-electron chi connectivity index (χ1n) is 12.5. The van der Waals surface area contributed by atoms with Crippen molar-refractivity contribution in [2.45, 2.75) is 49.9 Å². The molecule has 1 unspecified atom stereocenters. The van der Waals surface area contributed by atoms with E-state index in [0.717, 1.165) is 11.1 Å². The molecule has 1 saturated heterocycles. The third-order valence-corrected chi connectivity index (χ3v) is 7.47. The van der Waals surface area contributed by atoms with Gasteiger partial charge in [0, 0.05) is 48.4 Å². The lowest BCUT2D eigenvalue weighted by Gasteiger charge is -2.45. The Morgan fingerprint density at radius 2 is 1.85 bits per heavy atom. The van der Waals surface area contributed by atoms with Gasteiger partial charge in [-0.25, -0.2) is 33.2 Å². The van der Waals surface area contributed by atoms with Crippen LogP contribution in [0.5, 0.6) is 0 Å². The molecule has 1 aliphatic carbocycles. The smallest absolute Gasteiger partial charge is 0.253 e. The number of hydrogen-bond donors (Lipinski definition) is 2. The van der Waals surface area contributed by atoms with Gasteiger partial charge in [0.25, 0.3) is 11.8 Å². The summed E-state index contributed by atoms with van der Waals surface area (Å²) in [6.07, 6.45) is -2.11. The summed E-state index contributed by atoms with van der Waals surface area (Å²) in [5.41, 5.74) is 0.212. The Kier molecular flexibility index (Phi) is 7.92. The van der Waals surface area contributed by atoms with Gasteiger partial charge in [0.2, 0.25) is 5.91 Å². The SMILES string of the molecule is O=C(NC1CC(F)(F)C1)[C@H](c1ccccc1Cl)N(c1cccc(F)c1)[NH+]([O-])[C@@H]1CCC(=O)N1c1cccc(Cl)n1. The van der Waals surface area contributed by atoms with Crippen molar-refractivity contribution in [2.24, 2.45) is 0 Å². The average Bonchev–Trinajstić information content (AvgIpc) is 3.27. The summed E-state index contributed by atoms with van der Waals surface area (Å²) in [4.78, 5) is 32.1. The van der Waals surface area contributed by atoms with E-state index in [4.69, 9.17) is 23.2 Å². The molecule has 3 aromatic rings. The number of nitrogens with one attached hydrogen (secondary N) is 2. The molecule has 0 spiro atoms. The molecule has 2 aliphatic rings. The fraction of sp³-hybridized carbons (Fsp3) is 0.296. The molecule has 1 aromatic heterocycles. The van der Waals surface area contributed by atoms with Crippen LogP contribution in [-0.4, -0.2) is 34.9 Å². The molecule has 40 heavy (non-hydrogen) atoms. The van der Waals surface area contributed by atoms with E-state index in [-0.39, 0.29) is 46.0 Å². The second-order valence-corrected chi connectivity index (χ2v) is 10.5. The summed E-state index contributed by atoms with van der Waals surface area (Å²) >= 11 is 12.5. The Hall–Kier alpha value is -3.38. The molecule has 2 N–H and O–H groups in total. The molecule has 1 saturated carbocycles. The van der Waals surface area contributed by atoms with Crippen molar-refractivity contribution < 1.29 is 27.9 Å². The number of anilines is 2. The molecular formula is C27H24Cl2F3N5O3. The Labute approximate surface area is 237 Å². The van der Waals surface area contributed by atoms with Gasteiger partial charge in [-0.1, -0.05) is 53.5 Å². The van der Waals surface area contributed by atoms with Crippen molar-refractivity contribution >= 4 is 46.5 Å². The number of quaternary nitrogens is 1. The average molecular weight is 594 g/mol. The number of carbonyl (C=O) groups is 2. The zero-order valence-electron chi connectivity index (χ0n) is 20.9. The Balaban J connectivity index is 1.60. The lowest BCUT2D eigenvalue weighted by Crippen LogP contribution is -3.20. The minimum Gasteiger partial charge on any atom is -0.606 e. The van der Waals surface area contributed by atoms with Crippen LogP contribution in [0, 0.1) is 11.0 Å². The van der Waals surface area contributed by atoms with E-state index in [1.165, 1.54) is 47.4 Å². The molecule has 5 rings (SSSR count). The quantitative estimate of drug-likeness (QED) is 0.297. The number of carbonyl (C=O) groups excluding carboxylic acids is 2. The maximum Gasteiger partial charge on any atom is 0.253 e. The highest BCUT2D eigenvalue weighted by Gasteiger charge is 2.48. The summed E-state index contributed by atoms with van der Waals surface area (Å²) in [6.45, 7) is 0. The van der Waals surface area contributed by atoms with E-state index < -0.39 is 53.9 Å². The Morgan fingerprint density at radius 3 is 2.52 bits per heavy atom. The second-order valence-electron chi connectivity index (χ2n) is 9.72. The zero-order chi connectivity index (χ0) is 28.6. The molecule has 0 radical (unpaired) electrons. The molecule has 13 heteroatoms. The summed E-state index contributed by atoms with van der Waals surface area (Å²) in [6, 6.07) is 13.7. The van der Waals surface area contributed by atoms with Gasteiger partial charge in [-0.2, -0.15) is 0 Å². The van der Waals surface area contributed by atoms with Crippen LogP contribution in [0.4, 0.5) is 24.7 Å². The number of benzene rings is 2. The summed E-state index contributed by atoms with van der Waals surface area (Å²) < 4.78 is 41.6. The molecule has 2 heterocycles. The molecule has 8 nitrogen and oxygen atoms in total. The molecule has 2 fully saturated rings. The topological polar surface area (TPSA) is 93.0 Å². The van der Waals surface area contributed by atoms with Crippen molar-refractivity contribution in [1.29, 1.82) is 0 Å². The number of nitrogens with zero attached hydrogens (tertiary/aromatic N) is 3. The Morgan fingerprint density at radius 1 is 1.12 bits per heavy atom. The van der Waals surface area contributed by atoms with Crippen LogP contribution >= 0.6 is 23.2 Å². The van der Waals surface area contributed by atoms with Crippen LogP contribution in [0.15, 0.2) is 66.7 Å². The van der Waals surface area contributed by atoms with E-state index in [1.54, 1.807) is 18.2 Å². The van der Waals surface area contributed by atoms with Gasteiger partial charge >= 0.3 is 0 Å². The van der Waals surface area contributed by atoms with Crippen LogP contribution in [-0.2, 0) is 9.59 Å². The monoisotopic (exact) mass is 593 g/mol. The van der Waals surface area contributed by atoms with Crippen molar-refractivity contribution in [1.82, 2.24) is 10.3 Å². The van der Waals surface area contributed by atoms with Crippen molar-refractivity contribution in [3.63, 3.8) is 0 Å². The highest BCUT2D eigenvalue weighted by Crippen LogP contribution is 2.38. The first-order valence-corrected chi connectivity index (χ1v) is 13.3. The van der Waals surface area contributed by atoms with E-state index in [2.05, 4.69) is 10.3 Å². The third kappa shape index (κ3) is 5.73. The number of amides is 2. The largest absolute Gasteiger partial charge is 0.606 e. The fourth-order valence-corrected chi connectivity index (χ4v) is 5.46. The van der Waals surface area contributed by atoms with Gasteiger partial charge < -0.3 is 10.5 Å². The number of pyridine rings is 1. The number of aromatic nitrogens is 1. The lowest BCUT2D eigenvalue weighted by molar-refractivity contribution is -0.885. The van der Waals surface area contributed by atoms with Gasteiger partial charge in [-0.3, -0.25) is 9.59 Å². The first kappa shape index (κ1) is 28.2. The molecule has 1 aliphatic heterocycles. The number of halogens is 5. The van der Waals surface area contributed by atoms with Crippen LogP contribution in [0.25, 0.3) is 0 Å². The summed E-state index contributed by atoms with van der Waals surface area (Å²) in [5.74, 6) is -4.60. The van der Waals surface area contributed by atoms with Crippen LogP contribution in [0.1, 0.15) is 37.3 Å². The summed E-state index contributed by atoms with van der Waals surface area (Å²) in [7, 11) is 0. The first-order chi connectivity index (χ1) is 19.0. The predicted molar refractivity (Wildman–Crippen MR) is 143 cm³/mol. The van der Waals surface area contributed by atoms with Crippen molar-refractivity contribution in [3.05, 3.63) is 93.5 Å². The van der Waals surface area contributed by atoms with Gasteiger partial charge in [0.1, 0.15) is 16.8 Å². The molecule has 0 bridgehead atoms. The van der Waals surface area contributed by atoms with Gasteiger partial charge in [0.15, 0.2) is 12.2 Å².